The van der Waals surface area contributed by atoms with Crippen LogP contribution >= 0.6 is 0 Å². The van der Waals surface area contributed by atoms with Crippen LogP contribution in [0.1, 0.15) is 83.6 Å². The predicted molar refractivity (Wildman–Crippen MR) is 124 cm³/mol. The first-order chi connectivity index (χ1) is 15.0. The molecule has 1 amide bonds. The van der Waals surface area contributed by atoms with Crippen LogP contribution in [0.2, 0.25) is 0 Å². The summed E-state index contributed by atoms with van der Waals surface area (Å²) < 4.78 is 0. The summed E-state index contributed by atoms with van der Waals surface area (Å²) in [5.41, 5.74) is 3.71. The summed E-state index contributed by atoms with van der Waals surface area (Å²) in [7, 11) is 0. The van der Waals surface area contributed by atoms with Gasteiger partial charge in [-0.2, -0.15) is 0 Å². The maximum atomic E-state index is 12.3. The SMILES string of the molecule is C[C@]12CC[C@@H](NC(=O)C3CC3)CC1CC[C@@H]1[C@@H]2CC[C@]2(C)C(c3cccnc3)=CC[C@@H]12. The van der Waals surface area contributed by atoms with Crippen molar-refractivity contribution in [3.8, 4) is 0 Å². The normalized spacial score (nSPS) is 43.9. The van der Waals surface area contributed by atoms with Crippen LogP contribution in [0.3, 0.4) is 0 Å². The molecule has 4 saturated carbocycles. The average molecular weight is 419 g/mol. The van der Waals surface area contributed by atoms with E-state index in [1.807, 2.05) is 6.20 Å². The molecule has 5 aliphatic rings. The Bertz CT molecular complexity index is 890. The molecule has 166 valence electrons. The van der Waals surface area contributed by atoms with E-state index in [0.717, 1.165) is 36.5 Å². The van der Waals surface area contributed by atoms with Gasteiger partial charge in [0.2, 0.25) is 5.91 Å². The van der Waals surface area contributed by atoms with E-state index < -0.39 is 0 Å². The maximum absolute atomic E-state index is 12.3. The van der Waals surface area contributed by atoms with Crippen molar-refractivity contribution in [2.24, 2.45) is 40.4 Å². The summed E-state index contributed by atoms with van der Waals surface area (Å²) >= 11 is 0. The van der Waals surface area contributed by atoms with Gasteiger partial charge in [0.15, 0.2) is 0 Å². The summed E-state index contributed by atoms with van der Waals surface area (Å²) in [5.74, 6) is 4.00. The topological polar surface area (TPSA) is 42.0 Å². The van der Waals surface area contributed by atoms with Crippen LogP contribution in [0, 0.1) is 40.4 Å². The molecule has 31 heavy (non-hydrogen) atoms. The van der Waals surface area contributed by atoms with Crippen LogP contribution in [0.4, 0.5) is 0 Å². The minimum absolute atomic E-state index is 0.322. The molecule has 1 unspecified atom stereocenters. The molecule has 7 atom stereocenters. The molecule has 1 N–H and O–H groups in total. The molecule has 0 aromatic carbocycles. The summed E-state index contributed by atoms with van der Waals surface area (Å²) in [6, 6.07) is 4.78. The quantitative estimate of drug-likeness (QED) is 0.653. The Morgan fingerprint density at radius 3 is 2.71 bits per heavy atom. The van der Waals surface area contributed by atoms with Crippen LogP contribution in [0.15, 0.2) is 30.6 Å². The Morgan fingerprint density at radius 1 is 1.06 bits per heavy atom. The number of nitrogens with zero attached hydrogens (tertiary/aromatic N) is 1. The van der Waals surface area contributed by atoms with Gasteiger partial charge in [-0.15, -0.1) is 0 Å². The Morgan fingerprint density at radius 2 is 1.94 bits per heavy atom. The summed E-state index contributed by atoms with van der Waals surface area (Å²) in [6.07, 6.45) is 19.2. The van der Waals surface area contributed by atoms with E-state index in [0.29, 0.717) is 28.7 Å². The molecule has 0 bridgehead atoms. The van der Waals surface area contributed by atoms with E-state index >= 15 is 0 Å². The van der Waals surface area contributed by atoms with Gasteiger partial charge in [0.05, 0.1) is 0 Å². The molecule has 0 saturated heterocycles. The lowest BCUT2D eigenvalue weighted by Crippen LogP contribution is -2.55. The number of rotatable bonds is 3. The van der Waals surface area contributed by atoms with Crippen molar-refractivity contribution < 1.29 is 4.79 Å². The van der Waals surface area contributed by atoms with Gasteiger partial charge >= 0.3 is 0 Å². The third-order valence-corrected chi connectivity index (χ3v) is 10.5. The van der Waals surface area contributed by atoms with Crippen LogP contribution in [0.25, 0.3) is 5.57 Å². The third-order valence-electron chi connectivity index (χ3n) is 10.5. The average Bonchev–Trinajstić information content (AvgIpc) is 3.56. The fourth-order valence-electron chi connectivity index (χ4n) is 8.59. The zero-order valence-electron chi connectivity index (χ0n) is 19.3. The van der Waals surface area contributed by atoms with Crippen LogP contribution in [-0.2, 0) is 4.79 Å². The van der Waals surface area contributed by atoms with Crippen LogP contribution in [-0.4, -0.2) is 16.9 Å². The first kappa shape index (κ1) is 20.0. The minimum atomic E-state index is 0.322. The molecule has 1 heterocycles. The number of nitrogens with one attached hydrogen (secondary N) is 1. The molecule has 1 aromatic heterocycles. The van der Waals surface area contributed by atoms with Gasteiger partial charge in [0.1, 0.15) is 0 Å². The van der Waals surface area contributed by atoms with Crippen molar-refractivity contribution >= 4 is 11.5 Å². The van der Waals surface area contributed by atoms with Gasteiger partial charge in [-0.3, -0.25) is 9.78 Å². The lowest BCUT2D eigenvalue weighted by molar-refractivity contribution is -0.126. The highest BCUT2D eigenvalue weighted by Gasteiger charge is 2.58. The van der Waals surface area contributed by atoms with Gasteiger partial charge < -0.3 is 5.32 Å². The molecule has 1 aromatic rings. The fourth-order valence-corrected chi connectivity index (χ4v) is 8.59. The zero-order valence-corrected chi connectivity index (χ0v) is 19.3. The second-order valence-corrected chi connectivity index (χ2v) is 12.0. The maximum Gasteiger partial charge on any atom is 0.223 e. The Hall–Kier alpha value is -1.64. The number of carbonyl (C=O) groups excluding carboxylic acids is 1. The molecule has 5 aliphatic carbocycles. The number of fused-ring (bicyclic) bond motifs is 5. The van der Waals surface area contributed by atoms with Gasteiger partial charge in [0.25, 0.3) is 0 Å². The van der Waals surface area contributed by atoms with Crippen molar-refractivity contribution in [1.82, 2.24) is 10.3 Å². The summed E-state index contributed by atoms with van der Waals surface area (Å²) in [6.45, 7) is 5.18. The highest BCUT2D eigenvalue weighted by atomic mass is 16.2. The number of allylic oxidation sites excluding steroid dienone is 2. The smallest absolute Gasteiger partial charge is 0.223 e. The monoisotopic (exact) mass is 418 g/mol. The molecule has 6 rings (SSSR count). The van der Waals surface area contributed by atoms with Crippen molar-refractivity contribution in [3.63, 3.8) is 0 Å². The third kappa shape index (κ3) is 3.13. The Kier molecular flexibility index (Phi) is 4.64. The molecule has 3 heteroatoms. The first-order valence-corrected chi connectivity index (χ1v) is 12.9. The minimum Gasteiger partial charge on any atom is -0.353 e. The van der Waals surface area contributed by atoms with Crippen LogP contribution in [0.5, 0.6) is 0 Å². The highest BCUT2D eigenvalue weighted by Crippen LogP contribution is 2.67. The standard InChI is InChI=1S/C28H38N2O/c1-27-13-11-21(30-26(31)18-5-6-18)16-20(27)7-8-22-24-10-9-23(19-4-3-15-29-17-19)28(24,2)14-12-25(22)27/h3-4,9,15,17-18,20-22,24-25H,5-8,10-14,16H2,1-2H3,(H,30,31)/t20?,21-,22+,24+,25+,27+,28-/m1/s1. The summed E-state index contributed by atoms with van der Waals surface area (Å²) in [4.78, 5) is 16.7. The van der Waals surface area contributed by atoms with E-state index in [4.69, 9.17) is 0 Å². The molecular formula is C28H38N2O. The van der Waals surface area contributed by atoms with Crippen molar-refractivity contribution in [3.05, 3.63) is 36.2 Å². The largest absolute Gasteiger partial charge is 0.353 e. The van der Waals surface area contributed by atoms with E-state index in [9.17, 15) is 4.79 Å². The summed E-state index contributed by atoms with van der Waals surface area (Å²) in [5, 5.41) is 3.42. The fraction of sp³-hybridized carbons (Fsp3) is 0.714. The molecular weight excluding hydrogens is 380 g/mol. The van der Waals surface area contributed by atoms with E-state index in [2.05, 4.69) is 48.6 Å². The van der Waals surface area contributed by atoms with E-state index in [1.54, 1.807) is 5.57 Å². The second kappa shape index (κ2) is 7.18. The Balaban J connectivity index is 1.19. The number of pyridine rings is 1. The molecule has 3 nitrogen and oxygen atoms in total. The number of carbonyl (C=O) groups is 1. The lowest BCUT2D eigenvalue weighted by Gasteiger charge is -2.61. The van der Waals surface area contributed by atoms with Gasteiger partial charge in [-0.25, -0.2) is 0 Å². The van der Waals surface area contributed by atoms with Crippen molar-refractivity contribution in [1.29, 1.82) is 0 Å². The molecule has 0 radical (unpaired) electrons. The van der Waals surface area contributed by atoms with Crippen molar-refractivity contribution in [2.75, 3.05) is 0 Å². The number of amides is 1. The van der Waals surface area contributed by atoms with Gasteiger partial charge in [0, 0.05) is 24.4 Å². The highest BCUT2D eigenvalue weighted by molar-refractivity contribution is 5.81. The van der Waals surface area contributed by atoms with E-state index in [-0.39, 0.29) is 0 Å². The lowest BCUT2D eigenvalue weighted by atomic mass is 9.44. The number of hydrogen-bond donors (Lipinski definition) is 1. The Labute approximate surface area is 187 Å². The molecule has 4 fully saturated rings. The van der Waals surface area contributed by atoms with Gasteiger partial charge in [-0.1, -0.05) is 26.0 Å². The van der Waals surface area contributed by atoms with Crippen LogP contribution < -0.4 is 5.32 Å². The van der Waals surface area contributed by atoms with Crippen molar-refractivity contribution in [2.45, 2.75) is 84.1 Å². The molecule has 0 spiro atoms. The predicted octanol–water partition coefficient (Wildman–Crippen LogP) is 6.01. The van der Waals surface area contributed by atoms with Gasteiger partial charge in [-0.05, 0) is 116 Å². The zero-order chi connectivity index (χ0) is 21.2. The second-order valence-electron chi connectivity index (χ2n) is 12.0. The van der Waals surface area contributed by atoms with E-state index in [1.165, 1.54) is 56.9 Å². The number of aromatic nitrogens is 1. The first-order valence-electron chi connectivity index (χ1n) is 12.9. The molecule has 0 aliphatic heterocycles. The number of hydrogen-bond acceptors (Lipinski definition) is 2.